The lowest BCUT2D eigenvalue weighted by molar-refractivity contribution is -0.134. The predicted molar refractivity (Wildman–Crippen MR) is 242 cm³/mol. The predicted octanol–water partition coefficient (Wildman–Crippen LogP) is 0.577. The number of oxazole rings is 1. The lowest BCUT2D eigenvalue weighted by Crippen LogP contribution is -2.45. The summed E-state index contributed by atoms with van der Waals surface area (Å²) in [4.78, 5) is 65.3. The summed E-state index contributed by atoms with van der Waals surface area (Å²) in [5.74, 6) is 0.0486. The van der Waals surface area contributed by atoms with Crippen LogP contribution in [0, 0.1) is 0 Å². The van der Waals surface area contributed by atoms with Crippen LogP contribution in [0.15, 0.2) is 68.9 Å². The van der Waals surface area contributed by atoms with Crippen LogP contribution in [0.3, 0.4) is 0 Å². The Morgan fingerprint density at radius 3 is 2.67 bits per heavy atom. The first-order valence-corrected chi connectivity index (χ1v) is 21.2. The van der Waals surface area contributed by atoms with Crippen molar-refractivity contribution in [3.63, 3.8) is 0 Å². The summed E-state index contributed by atoms with van der Waals surface area (Å²) >= 11 is 0. The van der Waals surface area contributed by atoms with Crippen LogP contribution in [-0.4, -0.2) is 162 Å². The zero-order valence-corrected chi connectivity index (χ0v) is 35.9. The van der Waals surface area contributed by atoms with Gasteiger partial charge >= 0.3 is 0 Å². The minimum atomic E-state index is -0.212. The zero-order chi connectivity index (χ0) is 44.8. The highest BCUT2D eigenvalue weighted by molar-refractivity contribution is 5.99. The Morgan fingerprint density at radius 1 is 0.953 bits per heavy atom. The average molecular weight is 878 g/mol. The van der Waals surface area contributed by atoms with Gasteiger partial charge in [0.15, 0.2) is 11.2 Å². The largest absolute Gasteiger partial charge is 0.424 e. The second kappa shape index (κ2) is 22.0. The zero-order valence-electron chi connectivity index (χ0n) is 35.9. The summed E-state index contributed by atoms with van der Waals surface area (Å²) < 4.78 is 18.5. The lowest BCUT2D eigenvalue weighted by atomic mass is 9.97. The number of nitrogen functional groups attached to an aromatic ring is 2. The van der Waals surface area contributed by atoms with Gasteiger partial charge in [-0.25, -0.2) is 19.6 Å². The molecule has 64 heavy (non-hydrogen) atoms. The molecule has 0 radical (unpaired) electrons. The minimum absolute atomic E-state index is 0.0306. The molecule has 0 spiro atoms. The molecule has 7 rings (SSSR count). The van der Waals surface area contributed by atoms with Crippen molar-refractivity contribution in [3.8, 4) is 11.3 Å². The topological polar surface area (TPSA) is 276 Å². The van der Waals surface area contributed by atoms with Gasteiger partial charge in [-0.2, -0.15) is 10.1 Å². The number of nitrogens with one attached hydrogen (secondary N) is 2. The summed E-state index contributed by atoms with van der Waals surface area (Å²) in [6.07, 6.45) is 7.31. The van der Waals surface area contributed by atoms with Crippen molar-refractivity contribution >= 4 is 64.2 Å². The van der Waals surface area contributed by atoms with Crippen LogP contribution in [0.4, 0.5) is 11.8 Å². The van der Waals surface area contributed by atoms with Crippen molar-refractivity contribution in [2.75, 3.05) is 104 Å². The van der Waals surface area contributed by atoms with Gasteiger partial charge in [-0.3, -0.25) is 24.3 Å². The number of amides is 3. The number of nitrogens with two attached hydrogens (primary N) is 3. The Morgan fingerprint density at radius 2 is 1.81 bits per heavy atom. The normalized spacial score (nSPS) is 16.4. The number of carbonyl (C=O) groups excluding carboxylic acids is 3. The molecule has 3 amide bonds. The molecule has 0 atom stereocenters. The number of ether oxygens (including phenoxy) is 2. The van der Waals surface area contributed by atoms with Crippen molar-refractivity contribution in [1.29, 1.82) is 0 Å². The number of fused-ring (bicyclic) bond motifs is 3. The maximum absolute atomic E-state index is 13.1. The molecule has 338 valence electrons. The smallest absolute Gasteiger partial charge is 0.292 e. The summed E-state index contributed by atoms with van der Waals surface area (Å²) in [5, 5.41) is 11.5. The number of likely N-dealkylation sites (N-methyl/N-ethyl adjacent to an activating group) is 1. The highest BCUT2D eigenvalue weighted by Gasteiger charge is 2.23. The molecule has 2 aromatic carbocycles. The van der Waals surface area contributed by atoms with Crippen LogP contribution in [0.5, 0.6) is 0 Å². The van der Waals surface area contributed by atoms with E-state index in [4.69, 9.17) is 36.2 Å². The Balaban J connectivity index is 0.775. The molecule has 2 aliphatic heterocycles. The average Bonchev–Trinajstić information content (AvgIpc) is 3.85. The highest BCUT2D eigenvalue weighted by Crippen LogP contribution is 2.33. The van der Waals surface area contributed by atoms with Crippen LogP contribution in [0.25, 0.3) is 33.4 Å². The molecule has 0 unspecified atom stereocenters. The summed E-state index contributed by atoms with van der Waals surface area (Å²) in [5.41, 5.74) is 25.2. The maximum atomic E-state index is 13.1. The van der Waals surface area contributed by atoms with Gasteiger partial charge in [-0.1, -0.05) is 18.2 Å². The van der Waals surface area contributed by atoms with E-state index in [2.05, 4.69) is 53.8 Å². The van der Waals surface area contributed by atoms with Crippen molar-refractivity contribution in [2.24, 2.45) is 15.7 Å². The molecule has 21 heteroatoms. The second-order valence-electron chi connectivity index (χ2n) is 15.4. The lowest BCUT2D eigenvalue weighted by Gasteiger charge is -2.29. The fraction of sp³-hybridized carbons (Fsp3) is 0.419. The summed E-state index contributed by atoms with van der Waals surface area (Å²) in [7, 11) is 1.73. The van der Waals surface area contributed by atoms with Gasteiger partial charge in [0.2, 0.25) is 17.7 Å². The molecule has 5 aromatic rings. The molecule has 21 nitrogen and oxygen atoms in total. The number of aromatic nitrogens is 5. The number of hydrogen-bond acceptors (Lipinski definition) is 17. The number of rotatable bonds is 17. The molecule has 0 saturated heterocycles. The second-order valence-corrected chi connectivity index (χ2v) is 15.4. The fourth-order valence-electron chi connectivity index (χ4n) is 7.43. The standard InChI is InChI=1S/C43H55N15O6/c1-55(26-38(61)56-12-8-47-21-30(20-44)22-49-27-48-9-13-56)25-36(59)50-10-15-63-17-16-62-14-7-37(60)57-11-6-31-18-29(2-3-33(31)24-57)23-58-42-39(41(45)51-28-52-42)40(54-58)32-4-5-35-34(19-32)53-43(46)64-35/h2-5,18-19,21-22,27-28H,6-17,20,23-26,44H2,1H3,(H2,46,53)(H,48,49)(H,50,59)(H2,45,51,52)/b30-22-,47-21-. The van der Waals surface area contributed by atoms with Crippen LogP contribution >= 0.6 is 0 Å². The van der Waals surface area contributed by atoms with Crippen molar-refractivity contribution in [3.05, 3.63) is 71.2 Å². The minimum Gasteiger partial charge on any atom is -0.424 e. The van der Waals surface area contributed by atoms with Crippen molar-refractivity contribution < 1.29 is 28.3 Å². The monoisotopic (exact) mass is 877 g/mol. The summed E-state index contributed by atoms with van der Waals surface area (Å²) in [6.45, 7) is 5.51. The SMILES string of the molecule is CN(CC(=O)NCCOCCOCCC(=O)N1CCc2cc(Cn3nc(-c4ccc5oc(N)nc5c4)c4c(N)ncnc43)ccc2C1)CC(=O)N1CC\N=C/C(CN)=C\N=C\NCC1. The van der Waals surface area contributed by atoms with E-state index >= 15 is 0 Å². The van der Waals surface area contributed by atoms with Crippen LogP contribution < -0.4 is 27.8 Å². The van der Waals surface area contributed by atoms with E-state index in [1.165, 1.54) is 11.9 Å². The van der Waals surface area contributed by atoms with E-state index in [0.29, 0.717) is 112 Å². The van der Waals surface area contributed by atoms with Gasteiger partial charge in [0.25, 0.3) is 6.01 Å². The van der Waals surface area contributed by atoms with E-state index in [1.54, 1.807) is 41.7 Å². The van der Waals surface area contributed by atoms with Gasteiger partial charge in [0.1, 0.15) is 23.4 Å². The quantitative estimate of drug-likeness (QED) is 0.0800. The Labute approximate surface area is 369 Å². The van der Waals surface area contributed by atoms with Gasteiger partial charge in [0, 0.05) is 69.4 Å². The number of carbonyl (C=O) groups is 3. The van der Waals surface area contributed by atoms with Crippen LogP contribution in [0.1, 0.15) is 23.1 Å². The molecule has 5 heterocycles. The first-order valence-electron chi connectivity index (χ1n) is 21.2. The molecular weight excluding hydrogens is 823 g/mol. The molecule has 0 bridgehead atoms. The van der Waals surface area contributed by atoms with Crippen molar-refractivity contribution in [1.82, 2.24) is 50.1 Å². The number of anilines is 2. The third-order valence-corrected chi connectivity index (χ3v) is 10.7. The molecule has 2 aliphatic rings. The Bertz CT molecular complexity index is 2520. The highest BCUT2D eigenvalue weighted by atomic mass is 16.5. The van der Waals surface area contributed by atoms with Gasteiger partial charge < -0.3 is 51.5 Å². The number of nitrogens with zero attached hydrogens (tertiary/aromatic N) is 10. The third kappa shape index (κ3) is 12.0. The molecule has 0 fully saturated rings. The Hall–Kier alpha value is -6.81. The van der Waals surface area contributed by atoms with E-state index in [1.807, 2.05) is 21.7 Å². The van der Waals surface area contributed by atoms with Crippen molar-refractivity contribution in [2.45, 2.75) is 25.9 Å². The van der Waals surface area contributed by atoms with Gasteiger partial charge in [-0.05, 0) is 48.4 Å². The first-order chi connectivity index (χ1) is 31.1. The summed E-state index contributed by atoms with van der Waals surface area (Å²) in [6, 6.07) is 11.9. The van der Waals surface area contributed by atoms with Crippen LogP contribution in [0.2, 0.25) is 0 Å². The molecular formula is C43H55N15O6. The maximum Gasteiger partial charge on any atom is 0.292 e. The molecule has 0 saturated carbocycles. The first kappa shape index (κ1) is 45.2. The van der Waals surface area contributed by atoms with E-state index < -0.39 is 0 Å². The molecule has 0 aliphatic carbocycles. The number of benzene rings is 2. The van der Waals surface area contributed by atoms with Gasteiger partial charge in [-0.15, -0.1) is 0 Å². The molecule has 8 N–H and O–H groups in total. The van der Waals surface area contributed by atoms with E-state index in [9.17, 15) is 14.4 Å². The Kier molecular flexibility index (Phi) is 15.5. The third-order valence-electron chi connectivity index (χ3n) is 10.7. The van der Waals surface area contributed by atoms with E-state index in [-0.39, 0.29) is 49.9 Å². The number of aliphatic imine (C=N–C) groups is 2. The molecule has 3 aromatic heterocycles. The number of hydrogen-bond donors (Lipinski definition) is 5. The van der Waals surface area contributed by atoms with Gasteiger partial charge in [0.05, 0.1) is 70.8 Å². The van der Waals surface area contributed by atoms with Crippen LogP contribution in [-0.2, 0) is 43.4 Å². The fourth-order valence-corrected chi connectivity index (χ4v) is 7.43. The van der Waals surface area contributed by atoms with E-state index in [0.717, 1.165) is 28.7 Å².